The van der Waals surface area contributed by atoms with Gasteiger partial charge in [-0.2, -0.15) is 0 Å². The lowest BCUT2D eigenvalue weighted by molar-refractivity contribution is -0.0873. The average molecular weight is 475 g/mol. The molecule has 0 spiro atoms. The second-order valence-electron chi connectivity index (χ2n) is 11.5. The average Bonchev–Trinajstić information content (AvgIpc) is 3.29. The summed E-state index contributed by atoms with van der Waals surface area (Å²) in [5, 5.41) is 0. The zero-order chi connectivity index (χ0) is 25.0. The Balaban J connectivity index is 1.45. The van der Waals surface area contributed by atoms with Gasteiger partial charge in [0.25, 0.3) is 0 Å². The van der Waals surface area contributed by atoms with Gasteiger partial charge in [-0.05, 0) is 94.9 Å². The predicted molar refractivity (Wildman–Crippen MR) is 137 cm³/mol. The van der Waals surface area contributed by atoms with Crippen LogP contribution < -0.4 is 0 Å². The van der Waals surface area contributed by atoms with E-state index in [1.165, 1.54) is 25.7 Å². The van der Waals surface area contributed by atoms with Crippen molar-refractivity contribution in [1.82, 2.24) is 0 Å². The maximum Gasteiger partial charge on any atom is 0.339 e. The molecule has 0 saturated heterocycles. The zero-order valence-corrected chi connectivity index (χ0v) is 21.9. The van der Waals surface area contributed by atoms with Crippen LogP contribution in [0, 0.1) is 65.2 Å². The van der Waals surface area contributed by atoms with E-state index in [-0.39, 0.29) is 36.0 Å². The van der Waals surface area contributed by atoms with Crippen LogP contribution >= 0.6 is 0 Å². The largest absolute Gasteiger partial charge is 0.454 e. The van der Waals surface area contributed by atoms with Crippen molar-refractivity contribution in [2.45, 2.75) is 85.9 Å². The molecule has 3 saturated carbocycles. The van der Waals surface area contributed by atoms with E-state index in [1.54, 1.807) is 0 Å². The molecule has 2 aromatic rings. The molecule has 2 aromatic carbocycles. The van der Waals surface area contributed by atoms with E-state index in [0.29, 0.717) is 23.0 Å². The predicted octanol–water partition coefficient (Wildman–Crippen LogP) is 6.74. The first-order valence-corrected chi connectivity index (χ1v) is 13.2. The first-order chi connectivity index (χ1) is 16.7. The van der Waals surface area contributed by atoms with Gasteiger partial charge in [-0.15, -0.1) is 0 Å². The third-order valence-corrected chi connectivity index (χ3v) is 8.94. The Hall–Kier alpha value is -2.62. The molecular weight excluding hydrogens is 436 g/mol. The molecule has 2 bridgehead atoms. The van der Waals surface area contributed by atoms with Crippen LogP contribution in [0.2, 0.25) is 0 Å². The van der Waals surface area contributed by atoms with Crippen LogP contribution in [0.4, 0.5) is 0 Å². The lowest BCUT2D eigenvalue weighted by atomic mass is 9.69. The van der Waals surface area contributed by atoms with E-state index in [4.69, 9.17) is 9.47 Å². The Labute approximate surface area is 209 Å². The number of aryl methyl sites for hydroxylation is 6. The van der Waals surface area contributed by atoms with E-state index in [0.717, 1.165) is 39.8 Å². The quantitative estimate of drug-likeness (QED) is 0.460. The maximum atomic E-state index is 13.5. The molecule has 186 valence electrons. The fourth-order valence-electron chi connectivity index (χ4n) is 7.84. The van der Waals surface area contributed by atoms with Crippen LogP contribution in [0.25, 0.3) is 0 Å². The van der Waals surface area contributed by atoms with E-state index in [9.17, 15) is 9.59 Å². The van der Waals surface area contributed by atoms with Crippen molar-refractivity contribution in [3.05, 3.63) is 68.8 Å². The van der Waals surface area contributed by atoms with Crippen molar-refractivity contribution in [2.75, 3.05) is 0 Å². The van der Waals surface area contributed by atoms with E-state index >= 15 is 0 Å². The number of carbonyl (C=O) groups excluding carboxylic acids is 2. The van der Waals surface area contributed by atoms with Gasteiger partial charge in [0.2, 0.25) is 0 Å². The second kappa shape index (κ2) is 9.11. The summed E-state index contributed by atoms with van der Waals surface area (Å²) in [5.41, 5.74) is 7.31. The van der Waals surface area contributed by atoms with Gasteiger partial charge in [0.1, 0.15) is 12.2 Å². The molecule has 35 heavy (non-hydrogen) atoms. The summed E-state index contributed by atoms with van der Waals surface area (Å²) in [6.45, 7) is 12.0. The number of rotatable bonds is 4. The van der Waals surface area contributed by atoms with Gasteiger partial charge in [0.15, 0.2) is 0 Å². The lowest BCUT2D eigenvalue weighted by Crippen LogP contribution is -2.47. The highest BCUT2D eigenvalue weighted by atomic mass is 16.6. The molecule has 4 nitrogen and oxygen atoms in total. The Morgan fingerprint density at radius 1 is 0.600 bits per heavy atom. The van der Waals surface area contributed by atoms with Crippen LogP contribution in [0.1, 0.15) is 86.2 Å². The van der Waals surface area contributed by atoms with E-state index in [2.05, 4.69) is 0 Å². The summed E-state index contributed by atoms with van der Waals surface area (Å²) >= 11 is 0. The van der Waals surface area contributed by atoms with Gasteiger partial charge in [0, 0.05) is 11.8 Å². The third kappa shape index (κ3) is 4.19. The highest BCUT2D eigenvalue weighted by molar-refractivity contribution is 5.94. The first-order valence-electron chi connectivity index (χ1n) is 13.2. The molecule has 3 aliphatic carbocycles. The van der Waals surface area contributed by atoms with Gasteiger partial charge < -0.3 is 9.47 Å². The van der Waals surface area contributed by atoms with Gasteiger partial charge in [-0.25, -0.2) is 9.59 Å². The molecule has 0 amide bonds. The number of fused-ring (bicyclic) bond motifs is 5. The van der Waals surface area contributed by atoms with E-state index in [1.807, 2.05) is 65.8 Å². The van der Waals surface area contributed by atoms with E-state index < -0.39 is 0 Å². The molecule has 6 atom stereocenters. The van der Waals surface area contributed by atoms with Crippen molar-refractivity contribution >= 4 is 11.9 Å². The Morgan fingerprint density at radius 3 is 1.29 bits per heavy atom. The lowest BCUT2D eigenvalue weighted by Gasteiger charge is -2.42. The maximum absolute atomic E-state index is 13.5. The summed E-state index contributed by atoms with van der Waals surface area (Å²) in [5.74, 6) is 1.13. The molecular formula is C31H38O4. The topological polar surface area (TPSA) is 52.6 Å². The van der Waals surface area contributed by atoms with Crippen LogP contribution in [0.15, 0.2) is 24.3 Å². The molecule has 0 aliphatic heterocycles. The minimum atomic E-state index is -0.373. The highest BCUT2D eigenvalue weighted by Crippen LogP contribution is 2.59. The molecule has 5 rings (SSSR count). The van der Waals surface area contributed by atoms with Crippen LogP contribution in [-0.2, 0) is 9.47 Å². The summed E-state index contributed by atoms with van der Waals surface area (Å²) in [6, 6.07) is 8.12. The van der Waals surface area contributed by atoms with Gasteiger partial charge >= 0.3 is 11.9 Å². The van der Waals surface area contributed by atoms with Gasteiger partial charge in [0.05, 0.1) is 11.1 Å². The number of ether oxygens (including phenoxy) is 2. The van der Waals surface area contributed by atoms with Crippen LogP contribution in [0.5, 0.6) is 0 Å². The normalized spacial score (nSPS) is 29.1. The highest BCUT2D eigenvalue weighted by Gasteiger charge is 2.61. The molecule has 0 aromatic heterocycles. The van der Waals surface area contributed by atoms with Crippen molar-refractivity contribution in [1.29, 1.82) is 0 Å². The summed E-state index contributed by atoms with van der Waals surface area (Å²) in [7, 11) is 0. The molecule has 0 heterocycles. The smallest absolute Gasteiger partial charge is 0.339 e. The standard InChI is InChI=1S/C31H38O4/c1-16-11-18(3)26(19(4)12-16)30(32)34-28-24-15-25(23-10-8-7-9-22(23)24)29(28)35-31(33)27-20(5)13-17(2)14-21(27)6/h11-14,22-25,28-29H,7-10,15H2,1-6H3. The summed E-state index contributed by atoms with van der Waals surface area (Å²) in [6.07, 6.45) is 5.12. The minimum Gasteiger partial charge on any atom is -0.454 e. The molecule has 3 fully saturated rings. The van der Waals surface area contributed by atoms with Crippen molar-refractivity contribution in [2.24, 2.45) is 23.7 Å². The summed E-state index contributed by atoms with van der Waals surface area (Å²) in [4.78, 5) is 26.9. The Bertz CT molecular complexity index is 1040. The number of hydrogen-bond acceptors (Lipinski definition) is 4. The number of benzene rings is 2. The SMILES string of the molecule is Cc1cc(C)c(C(=O)OC2C3CC(C4CCCCC43)C2OC(=O)c2c(C)cc(C)cc2C)c(C)c1. The molecule has 0 radical (unpaired) electrons. The zero-order valence-electron chi connectivity index (χ0n) is 21.9. The van der Waals surface area contributed by atoms with Crippen molar-refractivity contribution < 1.29 is 19.1 Å². The molecule has 3 aliphatic rings. The molecule has 0 N–H and O–H groups in total. The Morgan fingerprint density at radius 2 is 0.943 bits per heavy atom. The monoisotopic (exact) mass is 474 g/mol. The minimum absolute atomic E-state index is 0.276. The van der Waals surface area contributed by atoms with Crippen molar-refractivity contribution in [3.8, 4) is 0 Å². The number of esters is 2. The second-order valence-corrected chi connectivity index (χ2v) is 11.5. The molecule has 4 heteroatoms. The third-order valence-electron chi connectivity index (χ3n) is 8.94. The molecule has 6 unspecified atom stereocenters. The van der Waals surface area contributed by atoms with Crippen LogP contribution in [0.3, 0.4) is 0 Å². The van der Waals surface area contributed by atoms with Crippen LogP contribution in [-0.4, -0.2) is 24.1 Å². The van der Waals surface area contributed by atoms with Crippen molar-refractivity contribution in [3.63, 3.8) is 0 Å². The fraction of sp³-hybridized carbons (Fsp3) is 0.548. The summed E-state index contributed by atoms with van der Waals surface area (Å²) < 4.78 is 12.6. The number of carbonyl (C=O) groups is 2. The van der Waals surface area contributed by atoms with Gasteiger partial charge in [-0.1, -0.05) is 48.2 Å². The van der Waals surface area contributed by atoms with Gasteiger partial charge in [-0.3, -0.25) is 0 Å². The first kappa shape index (κ1) is 24.1. The fourth-order valence-corrected chi connectivity index (χ4v) is 7.84. The number of hydrogen-bond donors (Lipinski definition) is 0. The Kier molecular flexibility index (Phi) is 6.27.